The molecule has 3 aromatic rings. The molecule has 0 bridgehead atoms. The monoisotopic (exact) mass is 391 g/mol. The number of aromatic amines is 1. The number of H-pyrrole nitrogens is 1. The molecule has 1 aliphatic heterocycles. The third-order valence-corrected chi connectivity index (χ3v) is 4.76. The van der Waals surface area contributed by atoms with Gasteiger partial charge in [0.1, 0.15) is 5.65 Å². The fourth-order valence-corrected chi connectivity index (χ4v) is 3.25. The van der Waals surface area contributed by atoms with Crippen molar-refractivity contribution in [3.63, 3.8) is 0 Å². The summed E-state index contributed by atoms with van der Waals surface area (Å²) in [7, 11) is 0. The molecule has 0 spiro atoms. The van der Waals surface area contributed by atoms with Gasteiger partial charge in [0, 0.05) is 35.8 Å². The van der Waals surface area contributed by atoms with Crippen LogP contribution >= 0.6 is 0 Å². The van der Waals surface area contributed by atoms with Crippen molar-refractivity contribution in [2.45, 2.75) is 0 Å². The standard InChI is InChI=1S/C21H21N5O3/c22-19(27)17(14-4-2-1-3-5-14)10-15-12-23-20-18(15)11-16(13-24-20)25-21(28)26-6-8-29-9-7-26/h1-5,10-13H,6-9H2,(H2,22,27)(H,23,24)(H,25,28)/b17-10-. The molecule has 1 aromatic carbocycles. The van der Waals surface area contributed by atoms with Gasteiger partial charge >= 0.3 is 6.03 Å². The van der Waals surface area contributed by atoms with E-state index in [0.717, 1.165) is 16.5 Å². The largest absolute Gasteiger partial charge is 0.378 e. The molecule has 0 aliphatic carbocycles. The van der Waals surface area contributed by atoms with Crippen LogP contribution in [0.1, 0.15) is 11.1 Å². The van der Waals surface area contributed by atoms with Gasteiger partial charge in [-0.3, -0.25) is 4.79 Å². The summed E-state index contributed by atoms with van der Waals surface area (Å²) in [5.74, 6) is -0.518. The summed E-state index contributed by atoms with van der Waals surface area (Å²) >= 11 is 0. The average molecular weight is 391 g/mol. The van der Waals surface area contributed by atoms with Gasteiger partial charge in [0.05, 0.1) is 25.1 Å². The molecule has 0 atom stereocenters. The van der Waals surface area contributed by atoms with Gasteiger partial charge in [-0.15, -0.1) is 0 Å². The molecule has 0 saturated carbocycles. The van der Waals surface area contributed by atoms with Crippen LogP contribution in [0.15, 0.2) is 48.8 Å². The van der Waals surface area contributed by atoms with Crippen LogP contribution in [0.5, 0.6) is 0 Å². The minimum absolute atomic E-state index is 0.191. The Balaban J connectivity index is 1.64. The predicted octanol–water partition coefficient (Wildman–Crippen LogP) is 2.45. The second-order valence-corrected chi connectivity index (χ2v) is 6.68. The van der Waals surface area contributed by atoms with Gasteiger partial charge in [0.2, 0.25) is 5.91 Å². The molecule has 8 heteroatoms. The Labute approximate surface area is 167 Å². The van der Waals surface area contributed by atoms with E-state index < -0.39 is 5.91 Å². The van der Waals surface area contributed by atoms with Gasteiger partial charge in [-0.1, -0.05) is 30.3 Å². The number of fused-ring (bicyclic) bond motifs is 1. The molecule has 1 fully saturated rings. The van der Waals surface area contributed by atoms with Gasteiger partial charge in [0.15, 0.2) is 0 Å². The Morgan fingerprint density at radius 2 is 1.97 bits per heavy atom. The van der Waals surface area contributed by atoms with Crippen LogP contribution in [0.2, 0.25) is 0 Å². The summed E-state index contributed by atoms with van der Waals surface area (Å²) in [5, 5.41) is 3.65. The van der Waals surface area contributed by atoms with Crippen molar-refractivity contribution in [2.75, 3.05) is 31.6 Å². The van der Waals surface area contributed by atoms with Crippen molar-refractivity contribution in [3.05, 3.63) is 59.9 Å². The van der Waals surface area contributed by atoms with Gasteiger partial charge in [-0.2, -0.15) is 0 Å². The van der Waals surface area contributed by atoms with E-state index in [1.807, 2.05) is 36.4 Å². The third kappa shape index (κ3) is 4.12. The lowest BCUT2D eigenvalue weighted by Crippen LogP contribution is -2.43. The molecule has 0 radical (unpaired) electrons. The number of nitrogens with two attached hydrogens (primary N) is 1. The molecule has 0 unspecified atom stereocenters. The van der Waals surface area contributed by atoms with E-state index in [1.165, 1.54) is 0 Å². The Bertz CT molecular complexity index is 1070. The summed E-state index contributed by atoms with van der Waals surface area (Å²) in [6.45, 7) is 2.18. The third-order valence-electron chi connectivity index (χ3n) is 4.76. The lowest BCUT2D eigenvalue weighted by Gasteiger charge is -2.26. The van der Waals surface area contributed by atoms with Crippen LogP contribution in [0.4, 0.5) is 10.5 Å². The average Bonchev–Trinajstić information content (AvgIpc) is 3.15. The zero-order valence-corrected chi connectivity index (χ0v) is 15.7. The van der Waals surface area contributed by atoms with Crippen LogP contribution < -0.4 is 11.1 Å². The Morgan fingerprint density at radius 1 is 1.21 bits per heavy atom. The molecule has 8 nitrogen and oxygen atoms in total. The minimum atomic E-state index is -0.518. The van der Waals surface area contributed by atoms with Gasteiger partial charge in [0.25, 0.3) is 0 Å². The fraction of sp³-hybridized carbons (Fsp3) is 0.190. The van der Waals surface area contributed by atoms with E-state index >= 15 is 0 Å². The Kier molecular flexibility index (Phi) is 5.26. The molecule has 148 valence electrons. The molecule has 3 amide bonds. The van der Waals surface area contributed by atoms with Crippen molar-refractivity contribution in [2.24, 2.45) is 5.73 Å². The van der Waals surface area contributed by atoms with Crippen LogP contribution in [0, 0.1) is 0 Å². The molecule has 4 rings (SSSR count). The summed E-state index contributed by atoms with van der Waals surface area (Å²) in [4.78, 5) is 33.6. The van der Waals surface area contributed by atoms with E-state index in [-0.39, 0.29) is 6.03 Å². The van der Waals surface area contributed by atoms with Crippen molar-refractivity contribution in [1.82, 2.24) is 14.9 Å². The van der Waals surface area contributed by atoms with Crippen LogP contribution in [0.25, 0.3) is 22.7 Å². The number of morpholine rings is 1. The number of amides is 3. The summed E-state index contributed by atoms with van der Waals surface area (Å²) < 4.78 is 5.27. The summed E-state index contributed by atoms with van der Waals surface area (Å²) in [6, 6.07) is 10.9. The van der Waals surface area contributed by atoms with Crippen LogP contribution in [-0.2, 0) is 9.53 Å². The number of urea groups is 1. The van der Waals surface area contributed by atoms with E-state index in [9.17, 15) is 9.59 Å². The maximum atomic E-state index is 12.4. The number of nitrogens with zero attached hydrogens (tertiary/aromatic N) is 2. The van der Waals surface area contributed by atoms with E-state index in [4.69, 9.17) is 10.5 Å². The molecule has 1 aliphatic rings. The fourth-order valence-electron chi connectivity index (χ4n) is 3.25. The quantitative estimate of drug-likeness (QED) is 0.593. The number of hydrogen-bond acceptors (Lipinski definition) is 4. The van der Waals surface area contributed by atoms with Crippen molar-refractivity contribution in [1.29, 1.82) is 0 Å². The SMILES string of the molecule is NC(=O)/C(=C\c1c[nH]c2ncc(NC(=O)N3CCOCC3)cc12)c1ccccc1. The molecule has 4 N–H and O–H groups in total. The lowest BCUT2D eigenvalue weighted by molar-refractivity contribution is -0.112. The highest BCUT2D eigenvalue weighted by molar-refractivity contribution is 6.24. The highest BCUT2D eigenvalue weighted by Gasteiger charge is 2.17. The number of rotatable bonds is 4. The van der Waals surface area contributed by atoms with Crippen molar-refractivity contribution < 1.29 is 14.3 Å². The molecule has 3 heterocycles. The van der Waals surface area contributed by atoms with E-state index in [1.54, 1.807) is 23.4 Å². The Morgan fingerprint density at radius 3 is 2.69 bits per heavy atom. The predicted molar refractivity (Wildman–Crippen MR) is 111 cm³/mol. The summed E-state index contributed by atoms with van der Waals surface area (Å²) in [5.41, 5.74) is 8.71. The molecular formula is C21H21N5O3. The smallest absolute Gasteiger partial charge is 0.322 e. The number of pyridine rings is 1. The normalized spacial score (nSPS) is 14.8. The van der Waals surface area contributed by atoms with Crippen LogP contribution in [-0.4, -0.2) is 53.1 Å². The zero-order chi connectivity index (χ0) is 20.2. The van der Waals surface area contributed by atoms with Crippen LogP contribution in [0.3, 0.4) is 0 Å². The zero-order valence-electron chi connectivity index (χ0n) is 15.7. The van der Waals surface area contributed by atoms with E-state index in [2.05, 4.69) is 15.3 Å². The minimum Gasteiger partial charge on any atom is -0.378 e. The van der Waals surface area contributed by atoms with Crippen molar-refractivity contribution >= 4 is 40.3 Å². The number of carbonyl (C=O) groups excluding carboxylic acids is 2. The highest BCUT2D eigenvalue weighted by Crippen LogP contribution is 2.25. The van der Waals surface area contributed by atoms with Gasteiger partial charge in [-0.25, -0.2) is 9.78 Å². The first-order chi connectivity index (χ1) is 14.1. The first kappa shape index (κ1) is 18.7. The van der Waals surface area contributed by atoms with E-state index in [0.29, 0.717) is 43.2 Å². The lowest BCUT2D eigenvalue weighted by atomic mass is 10.0. The number of benzene rings is 1. The maximum Gasteiger partial charge on any atom is 0.322 e. The number of ether oxygens (including phenoxy) is 1. The molecular weight excluding hydrogens is 370 g/mol. The first-order valence-corrected chi connectivity index (χ1v) is 9.29. The second kappa shape index (κ2) is 8.15. The Hall–Kier alpha value is -3.65. The maximum absolute atomic E-state index is 12.4. The summed E-state index contributed by atoms with van der Waals surface area (Å²) in [6.07, 6.45) is 5.08. The number of nitrogens with one attached hydrogen (secondary N) is 2. The number of anilines is 1. The highest BCUT2D eigenvalue weighted by atomic mass is 16.5. The molecule has 2 aromatic heterocycles. The van der Waals surface area contributed by atoms with Gasteiger partial charge < -0.3 is 25.7 Å². The number of hydrogen-bond donors (Lipinski definition) is 3. The van der Waals surface area contributed by atoms with Crippen molar-refractivity contribution in [3.8, 4) is 0 Å². The molecule has 1 saturated heterocycles. The molecule has 29 heavy (non-hydrogen) atoms. The van der Waals surface area contributed by atoms with Gasteiger partial charge in [-0.05, 0) is 17.7 Å². The number of carbonyl (C=O) groups is 2. The number of aromatic nitrogens is 2. The topological polar surface area (TPSA) is 113 Å². The first-order valence-electron chi connectivity index (χ1n) is 9.29. The second-order valence-electron chi connectivity index (χ2n) is 6.68. The number of primary amides is 1.